The first-order valence-electron chi connectivity index (χ1n) is 7.93. The van der Waals surface area contributed by atoms with Crippen LogP contribution in [0.4, 0.5) is 0 Å². The minimum absolute atomic E-state index is 0. The highest BCUT2D eigenvalue weighted by Crippen LogP contribution is 2.10. The molecule has 24 heavy (non-hydrogen) atoms. The smallest absolute Gasteiger partial charge is 0.191 e. The van der Waals surface area contributed by atoms with Crippen molar-refractivity contribution in [2.24, 2.45) is 4.99 Å². The highest BCUT2D eigenvalue weighted by molar-refractivity contribution is 14.0. The Balaban J connectivity index is 0.00000288. The van der Waals surface area contributed by atoms with Crippen molar-refractivity contribution in [1.82, 2.24) is 15.5 Å². The van der Waals surface area contributed by atoms with E-state index in [-0.39, 0.29) is 24.0 Å². The molecule has 0 saturated carbocycles. The molecular formula is C18H27IN4S. The number of aliphatic imine (C=N–C) groups is 1. The molecule has 132 valence electrons. The van der Waals surface area contributed by atoms with Crippen molar-refractivity contribution in [2.45, 2.75) is 26.6 Å². The van der Waals surface area contributed by atoms with Crippen molar-refractivity contribution < 1.29 is 0 Å². The Bertz CT molecular complexity index is 611. The summed E-state index contributed by atoms with van der Waals surface area (Å²) in [5, 5.41) is 11.0. The summed E-state index contributed by atoms with van der Waals surface area (Å²) in [6.07, 6.45) is 0. The van der Waals surface area contributed by atoms with E-state index in [9.17, 15) is 0 Å². The number of halogens is 1. The number of rotatable bonds is 7. The molecule has 0 saturated heterocycles. The van der Waals surface area contributed by atoms with E-state index in [0.29, 0.717) is 6.54 Å². The van der Waals surface area contributed by atoms with Gasteiger partial charge >= 0.3 is 0 Å². The van der Waals surface area contributed by atoms with Crippen LogP contribution in [0.2, 0.25) is 0 Å². The molecule has 4 nitrogen and oxygen atoms in total. The van der Waals surface area contributed by atoms with Crippen LogP contribution < -0.4 is 10.6 Å². The number of hydrogen-bond acceptors (Lipinski definition) is 3. The fourth-order valence-corrected chi connectivity index (χ4v) is 2.96. The van der Waals surface area contributed by atoms with Crippen molar-refractivity contribution in [2.75, 3.05) is 20.6 Å². The molecule has 1 aromatic heterocycles. The molecule has 0 aliphatic rings. The van der Waals surface area contributed by atoms with Gasteiger partial charge in [0.15, 0.2) is 5.96 Å². The first-order valence-corrected chi connectivity index (χ1v) is 8.88. The van der Waals surface area contributed by atoms with E-state index in [1.165, 1.54) is 16.7 Å². The lowest BCUT2D eigenvalue weighted by molar-refractivity contribution is 0.400. The summed E-state index contributed by atoms with van der Waals surface area (Å²) in [4.78, 5) is 6.84. The SMILES string of the molecule is CCNC(=NCc1ccsc1)NCc1ccccc1CN(C)C.I. The third kappa shape index (κ3) is 7.19. The van der Waals surface area contributed by atoms with Crippen LogP contribution >= 0.6 is 35.3 Å². The van der Waals surface area contributed by atoms with Gasteiger partial charge in [-0.1, -0.05) is 24.3 Å². The second-order valence-corrected chi connectivity index (χ2v) is 6.47. The van der Waals surface area contributed by atoms with Gasteiger partial charge in [-0.25, -0.2) is 4.99 Å². The Morgan fingerprint density at radius 3 is 2.50 bits per heavy atom. The zero-order chi connectivity index (χ0) is 16.5. The molecule has 6 heteroatoms. The molecule has 0 amide bonds. The van der Waals surface area contributed by atoms with Gasteiger partial charge in [0.05, 0.1) is 6.54 Å². The molecule has 0 bridgehead atoms. The summed E-state index contributed by atoms with van der Waals surface area (Å²) < 4.78 is 0. The van der Waals surface area contributed by atoms with Gasteiger partial charge in [0.2, 0.25) is 0 Å². The zero-order valence-corrected chi connectivity index (χ0v) is 17.7. The fraction of sp³-hybridized carbons (Fsp3) is 0.389. The number of thiophene rings is 1. The predicted octanol–water partition coefficient (Wildman–Crippen LogP) is 3.68. The summed E-state index contributed by atoms with van der Waals surface area (Å²) in [6.45, 7) is 5.37. The van der Waals surface area contributed by atoms with E-state index in [4.69, 9.17) is 0 Å². The highest BCUT2D eigenvalue weighted by Gasteiger charge is 2.04. The lowest BCUT2D eigenvalue weighted by Gasteiger charge is -2.16. The minimum Gasteiger partial charge on any atom is -0.357 e. The quantitative estimate of drug-likeness (QED) is 0.378. The Hall–Kier alpha value is -1.12. The molecule has 0 atom stereocenters. The maximum atomic E-state index is 4.65. The number of benzene rings is 1. The van der Waals surface area contributed by atoms with Crippen LogP contribution in [0.5, 0.6) is 0 Å². The van der Waals surface area contributed by atoms with Gasteiger partial charge in [0.1, 0.15) is 0 Å². The van der Waals surface area contributed by atoms with Crippen LogP contribution in [0.3, 0.4) is 0 Å². The molecule has 0 spiro atoms. The maximum Gasteiger partial charge on any atom is 0.191 e. The van der Waals surface area contributed by atoms with Gasteiger partial charge in [-0.15, -0.1) is 24.0 Å². The zero-order valence-electron chi connectivity index (χ0n) is 14.6. The van der Waals surface area contributed by atoms with Crippen LogP contribution in [0.1, 0.15) is 23.6 Å². The third-order valence-electron chi connectivity index (χ3n) is 3.40. The van der Waals surface area contributed by atoms with Crippen LogP contribution in [-0.2, 0) is 19.6 Å². The van der Waals surface area contributed by atoms with Crippen molar-refractivity contribution >= 4 is 41.3 Å². The summed E-state index contributed by atoms with van der Waals surface area (Å²) in [5.74, 6) is 0.860. The second-order valence-electron chi connectivity index (χ2n) is 5.69. The molecule has 1 aromatic carbocycles. The Kier molecular flexibility index (Phi) is 9.97. The van der Waals surface area contributed by atoms with Crippen LogP contribution in [0.25, 0.3) is 0 Å². The van der Waals surface area contributed by atoms with Crippen molar-refractivity contribution in [3.8, 4) is 0 Å². The summed E-state index contributed by atoms with van der Waals surface area (Å²) in [7, 11) is 4.19. The van der Waals surface area contributed by atoms with Crippen LogP contribution in [0.15, 0.2) is 46.1 Å². The van der Waals surface area contributed by atoms with Crippen molar-refractivity contribution in [3.05, 3.63) is 57.8 Å². The molecule has 0 fully saturated rings. The fourth-order valence-electron chi connectivity index (χ4n) is 2.30. The van der Waals surface area contributed by atoms with Crippen LogP contribution in [-0.4, -0.2) is 31.5 Å². The molecule has 2 rings (SSSR count). The lowest BCUT2D eigenvalue weighted by atomic mass is 10.1. The number of nitrogens with zero attached hydrogens (tertiary/aromatic N) is 2. The summed E-state index contributed by atoms with van der Waals surface area (Å²) in [5.41, 5.74) is 3.90. The molecule has 2 N–H and O–H groups in total. The highest BCUT2D eigenvalue weighted by atomic mass is 127. The van der Waals surface area contributed by atoms with Gasteiger partial charge in [-0.2, -0.15) is 11.3 Å². The van der Waals surface area contributed by atoms with Gasteiger partial charge < -0.3 is 15.5 Å². The molecule has 1 heterocycles. The standard InChI is InChI=1S/C18H26N4S.HI/c1-4-19-18(20-11-15-9-10-23-14-15)21-12-16-7-5-6-8-17(16)13-22(2)3;/h5-10,14H,4,11-13H2,1-3H3,(H2,19,20,21);1H. The van der Waals surface area contributed by atoms with Crippen molar-refractivity contribution in [1.29, 1.82) is 0 Å². The topological polar surface area (TPSA) is 39.7 Å². The minimum atomic E-state index is 0. The predicted molar refractivity (Wildman–Crippen MR) is 115 cm³/mol. The molecule has 0 unspecified atom stereocenters. The molecule has 2 aromatic rings. The van der Waals surface area contributed by atoms with Crippen molar-refractivity contribution in [3.63, 3.8) is 0 Å². The molecule has 0 radical (unpaired) electrons. The Morgan fingerprint density at radius 1 is 1.12 bits per heavy atom. The average molecular weight is 458 g/mol. The average Bonchev–Trinajstić information content (AvgIpc) is 3.04. The normalized spacial score (nSPS) is 11.2. The van der Waals surface area contributed by atoms with Gasteiger partial charge in [-0.05, 0) is 54.5 Å². The molecular weight excluding hydrogens is 431 g/mol. The third-order valence-corrected chi connectivity index (χ3v) is 4.13. The largest absolute Gasteiger partial charge is 0.357 e. The number of nitrogens with one attached hydrogen (secondary N) is 2. The lowest BCUT2D eigenvalue weighted by Crippen LogP contribution is -2.37. The first-order chi connectivity index (χ1) is 11.2. The Labute approximate surface area is 166 Å². The van der Waals surface area contributed by atoms with E-state index < -0.39 is 0 Å². The van der Waals surface area contributed by atoms with Gasteiger partial charge in [0, 0.05) is 19.6 Å². The van der Waals surface area contributed by atoms with Gasteiger partial charge in [0.25, 0.3) is 0 Å². The molecule has 0 aliphatic carbocycles. The number of hydrogen-bond donors (Lipinski definition) is 2. The van der Waals surface area contributed by atoms with E-state index in [0.717, 1.165) is 25.6 Å². The monoisotopic (exact) mass is 458 g/mol. The van der Waals surface area contributed by atoms with Gasteiger partial charge in [-0.3, -0.25) is 0 Å². The summed E-state index contributed by atoms with van der Waals surface area (Å²) >= 11 is 1.71. The number of guanidine groups is 1. The summed E-state index contributed by atoms with van der Waals surface area (Å²) in [6, 6.07) is 10.7. The first kappa shape index (κ1) is 20.9. The van der Waals surface area contributed by atoms with Crippen LogP contribution in [0, 0.1) is 0 Å². The van der Waals surface area contributed by atoms with E-state index in [2.05, 4.69) is 82.6 Å². The maximum absolute atomic E-state index is 4.65. The second kappa shape index (κ2) is 11.4. The molecule has 0 aliphatic heterocycles. The van der Waals surface area contributed by atoms with E-state index in [1.54, 1.807) is 11.3 Å². The Morgan fingerprint density at radius 2 is 1.88 bits per heavy atom. The van der Waals surface area contributed by atoms with E-state index >= 15 is 0 Å². The van der Waals surface area contributed by atoms with E-state index in [1.807, 2.05) is 0 Å².